The summed E-state index contributed by atoms with van der Waals surface area (Å²) in [6, 6.07) is 16.2. The normalized spacial score (nSPS) is 29.8. The number of benzene rings is 2. The average molecular weight is 662 g/mol. The highest BCUT2D eigenvalue weighted by Gasteiger charge is 2.67. The molecule has 6 atom stereocenters. The van der Waals surface area contributed by atoms with E-state index in [4.69, 9.17) is 4.74 Å². The van der Waals surface area contributed by atoms with E-state index in [-0.39, 0.29) is 48.1 Å². The van der Waals surface area contributed by atoms with Crippen LogP contribution in [0.3, 0.4) is 0 Å². The third-order valence-corrected chi connectivity index (χ3v) is 11.3. The third kappa shape index (κ3) is 3.99. The number of carbonyl (C=O) groups is 4. The molecule has 4 aliphatic rings. The standard InChI is InChI=1S/C33H29BrN2O6S/c1-33-23(30(39)36(32(33)41)18-7-4-3-5-8-18)15-22-20(27(33)17-13-24(34)28(37)25(14-17)42-2)10-11-21-26(22)31(40)35(29(21)38)16-19-9-6-12-43-19/h3-10,12-14,21-23,26-27,37H,11,15-16H2,1-2H3. The topological polar surface area (TPSA) is 104 Å². The lowest BCUT2D eigenvalue weighted by Gasteiger charge is -2.49. The zero-order valence-electron chi connectivity index (χ0n) is 23.5. The van der Waals surface area contributed by atoms with Gasteiger partial charge in [-0.25, -0.2) is 4.90 Å². The minimum absolute atomic E-state index is 0.0708. The monoisotopic (exact) mass is 660 g/mol. The molecule has 1 saturated carbocycles. The smallest absolute Gasteiger partial charge is 0.241 e. The molecule has 7 rings (SSSR count). The third-order valence-electron chi connectivity index (χ3n) is 9.88. The number of anilines is 1. The van der Waals surface area contributed by atoms with Crippen LogP contribution in [0.2, 0.25) is 0 Å². The Kier molecular flexibility index (Phi) is 6.63. The van der Waals surface area contributed by atoms with Crippen LogP contribution in [0.5, 0.6) is 11.5 Å². The molecule has 3 aromatic rings. The molecule has 0 spiro atoms. The van der Waals surface area contributed by atoms with Crippen molar-refractivity contribution in [3.63, 3.8) is 0 Å². The fraction of sp³-hybridized carbons (Fsp3) is 0.333. The number of carbonyl (C=O) groups excluding carboxylic acids is 4. The van der Waals surface area contributed by atoms with E-state index in [2.05, 4.69) is 15.9 Å². The van der Waals surface area contributed by atoms with Crippen molar-refractivity contribution in [2.75, 3.05) is 12.0 Å². The molecule has 6 unspecified atom stereocenters. The number of rotatable bonds is 5. The Bertz CT molecular complexity index is 1710. The maximum atomic E-state index is 14.5. The lowest BCUT2D eigenvalue weighted by molar-refractivity contribution is -0.141. The zero-order valence-corrected chi connectivity index (χ0v) is 25.9. The Morgan fingerprint density at radius 1 is 1.02 bits per heavy atom. The van der Waals surface area contributed by atoms with E-state index in [1.54, 1.807) is 36.4 Å². The lowest BCUT2D eigenvalue weighted by atomic mass is 9.51. The van der Waals surface area contributed by atoms with Gasteiger partial charge < -0.3 is 9.84 Å². The number of hydrogen-bond acceptors (Lipinski definition) is 7. The van der Waals surface area contributed by atoms with Gasteiger partial charge >= 0.3 is 0 Å². The number of allylic oxidation sites excluding steroid dienone is 2. The van der Waals surface area contributed by atoms with Crippen molar-refractivity contribution in [2.45, 2.75) is 32.2 Å². The number of methoxy groups -OCH3 is 1. The quantitative estimate of drug-likeness (QED) is 0.280. The second kappa shape index (κ2) is 10.2. The number of phenolic OH excluding ortho intramolecular Hbond substituents is 1. The number of fused-ring (bicyclic) bond motifs is 4. The van der Waals surface area contributed by atoms with E-state index < -0.39 is 35.0 Å². The maximum absolute atomic E-state index is 14.5. The average Bonchev–Trinajstić information content (AvgIpc) is 3.66. The molecule has 2 aliphatic carbocycles. The first kappa shape index (κ1) is 28.0. The SMILES string of the molecule is COc1cc(C2C3=CCC4C(=O)N(Cc5cccs5)C(=O)C4C3CC3C(=O)N(c4ccccc4)C(=O)C32C)cc(Br)c1O. The molecule has 10 heteroatoms. The summed E-state index contributed by atoms with van der Waals surface area (Å²) in [6.45, 7) is 2.07. The fourth-order valence-electron chi connectivity index (χ4n) is 7.91. The lowest BCUT2D eigenvalue weighted by Crippen LogP contribution is -2.48. The highest BCUT2D eigenvalue weighted by molar-refractivity contribution is 9.10. The molecule has 2 saturated heterocycles. The molecule has 0 bridgehead atoms. The summed E-state index contributed by atoms with van der Waals surface area (Å²) in [5.41, 5.74) is 0.896. The largest absolute Gasteiger partial charge is 0.503 e. The van der Waals surface area contributed by atoms with E-state index in [1.807, 2.05) is 36.6 Å². The highest BCUT2D eigenvalue weighted by atomic mass is 79.9. The van der Waals surface area contributed by atoms with E-state index >= 15 is 0 Å². The highest BCUT2D eigenvalue weighted by Crippen LogP contribution is 2.64. The number of imide groups is 2. The van der Waals surface area contributed by atoms with Crippen LogP contribution in [-0.2, 0) is 25.7 Å². The molecule has 43 heavy (non-hydrogen) atoms. The van der Waals surface area contributed by atoms with Crippen LogP contribution < -0.4 is 9.64 Å². The van der Waals surface area contributed by atoms with E-state index in [9.17, 15) is 24.3 Å². The van der Waals surface area contributed by atoms with Crippen LogP contribution >= 0.6 is 27.3 Å². The number of para-hydroxylation sites is 1. The van der Waals surface area contributed by atoms with Crippen molar-refractivity contribution in [2.24, 2.45) is 29.1 Å². The minimum Gasteiger partial charge on any atom is -0.503 e. The molecule has 0 radical (unpaired) electrons. The number of aromatic hydroxyl groups is 1. The van der Waals surface area contributed by atoms with Crippen LogP contribution in [0.25, 0.3) is 0 Å². The Hall–Kier alpha value is -3.76. The number of amides is 4. The van der Waals surface area contributed by atoms with Crippen molar-refractivity contribution in [1.29, 1.82) is 0 Å². The Labute approximate surface area is 261 Å². The van der Waals surface area contributed by atoms with Gasteiger partial charge in [-0.15, -0.1) is 11.3 Å². The molecular formula is C33H29BrN2O6S. The first-order valence-electron chi connectivity index (χ1n) is 14.2. The fourth-order valence-corrected chi connectivity index (χ4v) is 9.07. The van der Waals surface area contributed by atoms with Gasteiger partial charge in [0.05, 0.1) is 47.0 Å². The first-order chi connectivity index (χ1) is 20.7. The van der Waals surface area contributed by atoms with Gasteiger partial charge in [-0.05, 0) is 82.9 Å². The van der Waals surface area contributed by atoms with Crippen LogP contribution in [0.4, 0.5) is 5.69 Å². The van der Waals surface area contributed by atoms with Crippen molar-refractivity contribution >= 4 is 56.6 Å². The Morgan fingerprint density at radius 3 is 2.49 bits per heavy atom. The number of halogens is 1. The summed E-state index contributed by atoms with van der Waals surface area (Å²) < 4.78 is 5.87. The Balaban J connectivity index is 1.37. The van der Waals surface area contributed by atoms with Crippen LogP contribution in [-0.4, -0.2) is 40.7 Å². The van der Waals surface area contributed by atoms with Gasteiger partial charge in [0.15, 0.2) is 11.5 Å². The van der Waals surface area contributed by atoms with Gasteiger partial charge in [0.2, 0.25) is 23.6 Å². The van der Waals surface area contributed by atoms with Gasteiger partial charge in [-0.1, -0.05) is 35.9 Å². The number of thiophene rings is 1. The zero-order chi connectivity index (χ0) is 30.2. The van der Waals surface area contributed by atoms with Crippen LogP contribution in [0.1, 0.15) is 36.1 Å². The van der Waals surface area contributed by atoms with Crippen molar-refractivity contribution < 1.29 is 29.0 Å². The van der Waals surface area contributed by atoms with Gasteiger partial charge in [0.25, 0.3) is 0 Å². The molecule has 3 heterocycles. The van der Waals surface area contributed by atoms with Crippen molar-refractivity contribution in [3.8, 4) is 11.5 Å². The number of nitrogens with zero attached hydrogens (tertiary/aromatic N) is 2. The second-order valence-electron chi connectivity index (χ2n) is 11.9. The number of phenols is 1. The number of likely N-dealkylation sites (tertiary alicyclic amines) is 1. The van der Waals surface area contributed by atoms with Gasteiger partial charge in [-0.3, -0.25) is 24.1 Å². The molecule has 2 aromatic carbocycles. The molecule has 8 nitrogen and oxygen atoms in total. The first-order valence-corrected chi connectivity index (χ1v) is 15.9. The molecule has 4 amide bonds. The van der Waals surface area contributed by atoms with E-state index in [1.165, 1.54) is 28.2 Å². The summed E-state index contributed by atoms with van der Waals surface area (Å²) >= 11 is 4.94. The maximum Gasteiger partial charge on any atom is 0.241 e. The summed E-state index contributed by atoms with van der Waals surface area (Å²) in [7, 11) is 1.45. The summed E-state index contributed by atoms with van der Waals surface area (Å²) in [5.74, 6) is -3.71. The molecule has 1 aromatic heterocycles. The van der Waals surface area contributed by atoms with Crippen molar-refractivity contribution in [1.82, 2.24) is 4.90 Å². The van der Waals surface area contributed by atoms with Gasteiger partial charge in [-0.2, -0.15) is 0 Å². The van der Waals surface area contributed by atoms with E-state index in [0.29, 0.717) is 22.1 Å². The second-order valence-corrected chi connectivity index (χ2v) is 13.8. The minimum atomic E-state index is -1.17. The Morgan fingerprint density at radius 2 is 1.79 bits per heavy atom. The van der Waals surface area contributed by atoms with Crippen molar-refractivity contribution in [3.05, 3.63) is 86.5 Å². The molecular weight excluding hydrogens is 632 g/mol. The predicted molar refractivity (Wildman–Crippen MR) is 163 cm³/mol. The summed E-state index contributed by atoms with van der Waals surface area (Å²) in [6.07, 6.45) is 2.68. The summed E-state index contributed by atoms with van der Waals surface area (Å²) in [5, 5.41) is 12.5. The molecule has 220 valence electrons. The van der Waals surface area contributed by atoms with Gasteiger partial charge in [0.1, 0.15) is 0 Å². The molecule has 3 fully saturated rings. The summed E-state index contributed by atoms with van der Waals surface area (Å²) in [4.78, 5) is 59.9. The van der Waals surface area contributed by atoms with Crippen LogP contribution in [0.15, 0.2) is 76.1 Å². The molecule has 2 aliphatic heterocycles. The predicted octanol–water partition coefficient (Wildman–Crippen LogP) is 5.66. The number of hydrogen-bond donors (Lipinski definition) is 1. The number of ether oxygens (including phenoxy) is 1. The van der Waals surface area contributed by atoms with Gasteiger partial charge in [0, 0.05) is 10.8 Å². The van der Waals surface area contributed by atoms with E-state index in [0.717, 1.165) is 10.5 Å². The van der Waals surface area contributed by atoms with Crippen LogP contribution in [0, 0.1) is 29.1 Å². The molecule has 1 N–H and O–H groups in total.